The van der Waals surface area contributed by atoms with Crippen molar-refractivity contribution < 1.29 is 9.90 Å². The zero-order valence-corrected chi connectivity index (χ0v) is 8.49. The number of pyridine rings is 1. The van der Waals surface area contributed by atoms with Crippen molar-refractivity contribution in [2.75, 3.05) is 5.73 Å². The molecule has 0 aliphatic carbocycles. The second kappa shape index (κ2) is 3.70. The highest BCUT2D eigenvalue weighted by Gasteiger charge is 2.13. The molecule has 3 N–H and O–H groups in total. The number of anilines is 1. The van der Waals surface area contributed by atoms with Gasteiger partial charge in [0.2, 0.25) is 0 Å². The average Bonchev–Trinajstić information content (AvgIpc) is 2.62. The molecule has 0 spiro atoms. The van der Waals surface area contributed by atoms with Crippen LogP contribution in [0, 0.1) is 0 Å². The van der Waals surface area contributed by atoms with Crippen molar-refractivity contribution in [2.45, 2.75) is 0 Å². The zero-order valence-electron chi connectivity index (χ0n) is 7.68. The van der Waals surface area contributed by atoms with Gasteiger partial charge in [0.05, 0.1) is 5.69 Å². The number of carboxylic acids is 1. The predicted molar refractivity (Wildman–Crippen MR) is 58.9 cm³/mol. The maximum absolute atomic E-state index is 10.8. The number of carbonyl (C=O) groups is 1. The molecular formula is C10H8N2O2S. The van der Waals surface area contributed by atoms with Gasteiger partial charge in [0.15, 0.2) is 0 Å². The first-order valence-electron chi connectivity index (χ1n) is 4.21. The standard InChI is InChI=1S/C10H8N2O2S/c11-7-5-8(15-9(7)10(13)14)6-1-3-12-4-2-6/h1-5H,11H2,(H,13,14). The van der Waals surface area contributed by atoms with E-state index in [9.17, 15) is 4.79 Å². The van der Waals surface area contributed by atoms with Gasteiger partial charge in [-0.2, -0.15) is 0 Å². The molecule has 0 atom stereocenters. The van der Waals surface area contributed by atoms with E-state index in [-0.39, 0.29) is 4.88 Å². The summed E-state index contributed by atoms with van der Waals surface area (Å²) in [6.45, 7) is 0. The number of hydrogen-bond acceptors (Lipinski definition) is 4. The number of rotatable bonds is 2. The lowest BCUT2D eigenvalue weighted by molar-refractivity contribution is 0.0703. The van der Waals surface area contributed by atoms with Crippen LogP contribution in [0.5, 0.6) is 0 Å². The van der Waals surface area contributed by atoms with Crippen LogP contribution in [0.2, 0.25) is 0 Å². The highest BCUT2D eigenvalue weighted by molar-refractivity contribution is 7.17. The Morgan fingerprint density at radius 1 is 1.40 bits per heavy atom. The van der Waals surface area contributed by atoms with Crippen LogP contribution < -0.4 is 5.73 Å². The molecule has 15 heavy (non-hydrogen) atoms. The van der Waals surface area contributed by atoms with Crippen molar-refractivity contribution in [3.05, 3.63) is 35.5 Å². The number of carboxylic acid groups (broad SMARTS) is 1. The third kappa shape index (κ3) is 1.82. The molecule has 2 aromatic heterocycles. The van der Waals surface area contributed by atoms with E-state index < -0.39 is 5.97 Å². The van der Waals surface area contributed by atoms with Gasteiger partial charge >= 0.3 is 5.97 Å². The summed E-state index contributed by atoms with van der Waals surface area (Å²) in [6.07, 6.45) is 3.32. The number of thiophene rings is 1. The summed E-state index contributed by atoms with van der Waals surface area (Å²) in [6, 6.07) is 5.30. The normalized spacial score (nSPS) is 10.1. The third-order valence-corrected chi connectivity index (χ3v) is 3.11. The van der Waals surface area contributed by atoms with Crippen LogP contribution in [0.1, 0.15) is 9.67 Å². The van der Waals surface area contributed by atoms with Gasteiger partial charge in [0, 0.05) is 17.3 Å². The molecule has 0 aromatic carbocycles. The molecule has 0 radical (unpaired) electrons. The van der Waals surface area contributed by atoms with Crippen molar-refractivity contribution in [1.29, 1.82) is 0 Å². The molecule has 2 aromatic rings. The molecule has 2 heterocycles. The minimum Gasteiger partial charge on any atom is -0.477 e. The monoisotopic (exact) mass is 220 g/mol. The molecule has 0 fully saturated rings. The van der Waals surface area contributed by atoms with Gasteiger partial charge in [-0.05, 0) is 23.8 Å². The highest BCUT2D eigenvalue weighted by Crippen LogP contribution is 2.32. The fraction of sp³-hybridized carbons (Fsp3) is 0. The third-order valence-electron chi connectivity index (χ3n) is 1.92. The fourth-order valence-corrected chi connectivity index (χ4v) is 2.15. The summed E-state index contributed by atoms with van der Waals surface area (Å²) in [5.41, 5.74) is 6.82. The van der Waals surface area contributed by atoms with Gasteiger partial charge in [0.25, 0.3) is 0 Å². The van der Waals surface area contributed by atoms with Gasteiger partial charge in [-0.25, -0.2) is 4.79 Å². The Balaban J connectivity index is 2.48. The molecule has 0 saturated carbocycles. The topological polar surface area (TPSA) is 76.2 Å². The number of aromatic nitrogens is 1. The number of nitrogens with zero attached hydrogens (tertiary/aromatic N) is 1. The van der Waals surface area contributed by atoms with Crippen molar-refractivity contribution in [3.8, 4) is 10.4 Å². The molecule has 76 valence electrons. The minimum atomic E-state index is -0.988. The lowest BCUT2D eigenvalue weighted by Gasteiger charge is -1.93. The fourth-order valence-electron chi connectivity index (χ4n) is 1.23. The first kappa shape index (κ1) is 9.67. The summed E-state index contributed by atoms with van der Waals surface area (Å²) in [4.78, 5) is 15.7. The van der Waals surface area contributed by atoms with Crippen molar-refractivity contribution in [1.82, 2.24) is 4.98 Å². The first-order valence-corrected chi connectivity index (χ1v) is 5.03. The smallest absolute Gasteiger partial charge is 0.348 e. The van der Waals surface area contributed by atoms with Gasteiger partial charge < -0.3 is 10.8 Å². The van der Waals surface area contributed by atoms with Crippen LogP contribution in [-0.4, -0.2) is 16.1 Å². The lowest BCUT2D eigenvalue weighted by Crippen LogP contribution is -1.96. The van der Waals surface area contributed by atoms with Gasteiger partial charge in [-0.3, -0.25) is 4.98 Å². The van der Waals surface area contributed by atoms with Crippen LogP contribution in [-0.2, 0) is 0 Å². The predicted octanol–water partition coefficient (Wildman–Crippen LogP) is 2.09. The summed E-state index contributed by atoms with van der Waals surface area (Å²) in [5.74, 6) is -0.988. The van der Waals surface area contributed by atoms with Crippen molar-refractivity contribution in [2.24, 2.45) is 0 Å². The van der Waals surface area contributed by atoms with Crippen LogP contribution >= 0.6 is 11.3 Å². The van der Waals surface area contributed by atoms with Crippen molar-refractivity contribution >= 4 is 23.0 Å². The Morgan fingerprint density at radius 2 is 2.07 bits per heavy atom. The Labute approximate surface area is 90.0 Å². The SMILES string of the molecule is Nc1cc(-c2ccncc2)sc1C(=O)O. The Morgan fingerprint density at radius 3 is 2.60 bits per heavy atom. The maximum Gasteiger partial charge on any atom is 0.348 e. The second-order valence-corrected chi connectivity index (χ2v) is 3.99. The summed E-state index contributed by atoms with van der Waals surface area (Å²) in [7, 11) is 0. The van der Waals surface area contributed by atoms with Crippen LogP contribution in [0.3, 0.4) is 0 Å². The largest absolute Gasteiger partial charge is 0.477 e. The van der Waals surface area contributed by atoms with E-state index in [1.807, 2.05) is 12.1 Å². The molecule has 0 unspecified atom stereocenters. The quantitative estimate of drug-likeness (QED) is 0.812. The summed E-state index contributed by atoms with van der Waals surface area (Å²) < 4.78 is 0. The summed E-state index contributed by atoms with van der Waals surface area (Å²) in [5, 5.41) is 8.84. The molecule has 4 nitrogen and oxygen atoms in total. The number of nitrogens with two attached hydrogens (primary N) is 1. The van der Waals surface area contributed by atoms with E-state index in [0.29, 0.717) is 5.69 Å². The van der Waals surface area contributed by atoms with E-state index in [0.717, 1.165) is 10.4 Å². The van der Waals surface area contributed by atoms with Crippen LogP contribution in [0.4, 0.5) is 5.69 Å². The Kier molecular flexibility index (Phi) is 2.39. The molecule has 0 aliphatic heterocycles. The van der Waals surface area contributed by atoms with Crippen molar-refractivity contribution in [3.63, 3.8) is 0 Å². The zero-order chi connectivity index (χ0) is 10.8. The molecule has 0 bridgehead atoms. The molecular weight excluding hydrogens is 212 g/mol. The molecule has 0 saturated heterocycles. The van der Waals surface area contributed by atoms with Gasteiger partial charge in [-0.15, -0.1) is 11.3 Å². The number of aromatic carboxylic acids is 1. The first-order chi connectivity index (χ1) is 7.18. The van der Waals surface area contributed by atoms with E-state index in [1.165, 1.54) is 11.3 Å². The van der Waals surface area contributed by atoms with Gasteiger partial charge in [-0.1, -0.05) is 0 Å². The molecule has 0 aliphatic rings. The maximum atomic E-state index is 10.8. The lowest BCUT2D eigenvalue weighted by atomic mass is 10.2. The van der Waals surface area contributed by atoms with E-state index in [2.05, 4.69) is 4.98 Å². The number of hydrogen-bond donors (Lipinski definition) is 2. The average molecular weight is 220 g/mol. The molecule has 0 amide bonds. The number of nitrogen functional groups attached to an aromatic ring is 1. The van der Waals surface area contributed by atoms with Gasteiger partial charge in [0.1, 0.15) is 4.88 Å². The van der Waals surface area contributed by atoms with E-state index in [4.69, 9.17) is 10.8 Å². The summed E-state index contributed by atoms with van der Waals surface area (Å²) >= 11 is 1.17. The Bertz CT molecular complexity index is 493. The minimum absolute atomic E-state index is 0.182. The van der Waals surface area contributed by atoms with Crippen LogP contribution in [0.15, 0.2) is 30.6 Å². The molecule has 5 heteroatoms. The van der Waals surface area contributed by atoms with Crippen LogP contribution in [0.25, 0.3) is 10.4 Å². The van der Waals surface area contributed by atoms with E-state index in [1.54, 1.807) is 18.5 Å². The second-order valence-electron chi connectivity index (χ2n) is 2.94. The molecule has 2 rings (SSSR count). The van der Waals surface area contributed by atoms with E-state index >= 15 is 0 Å². The Hall–Kier alpha value is -1.88. The highest BCUT2D eigenvalue weighted by atomic mass is 32.1.